The molecule has 22 heavy (non-hydrogen) atoms. The van der Waals surface area contributed by atoms with E-state index in [0.717, 1.165) is 22.8 Å². The van der Waals surface area contributed by atoms with Crippen molar-refractivity contribution in [2.45, 2.75) is 49.6 Å². The van der Waals surface area contributed by atoms with E-state index in [1.807, 2.05) is 6.07 Å². The SMILES string of the molecule is CCC(CC)NC(=O)c1cccnc1Sc1ccc(C)cc1. The molecule has 1 amide bonds. The molecule has 1 N–H and O–H groups in total. The Bertz CT molecular complexity index is 621. The van der Waals surface area contributed by atoms with Gasteiger partial charge in [0.05, 0.1) is 5.56 Å². The molecular formula is C18H22N2OS. The summed E-state index contributed by atoms with van der Waals surface area (Å²) in [7, 11) is 0. The van der Waals surface area contributed by atoms with Crippen molar-refractivity contribution in [1.82, 2.24) is 10.3 Å². The van der Waals surface area contributed by atoms with Gasteiger partial charge in [-0.15, -0.1) is 0 Å². The van der Waals surface area contributed by atoms with Crippen LogP contribution in [0, 0.1) is 6.92 Å². The zero-order valence-corrected chi connectivity index (χ0v) is 14.1. The average Bonchev–Trinajstić information content (AvgIpc) is 2.55. The highest BCUT2D eigenvalue weighted by Crippen LogP contribution is 2.28. The highest BCUT2D eigenvalue weighted by atomic mass is 32.2. The zero-order valence-electron chi connectivity index (χ0n) is 13.3. The molecule has 116 valence electrons. The second kappa shape index (κ2) is 7.99. The fourth-order valence-corrected chi connectivity index (χ4v) is 3.00. The largest absolute Gasteiger partial charge is 0.349 e. The smallest absolute Gasteiger partial charge is 0.254 e. The van der Waals surface area contributed by atoms with Crippen LogP contribution in [0.25, 0.3) is 0 Å². The molecule has 0 unspecified atom stereocenters. The highest BCUT2D eigenvalue weighted by Gasteiger charge is 2.15. The number of nitrogens with zero attached hydrogens (tertiary/aromatic N) is 1. The summed E-state index contributed by atoms with van der Waals surface area (Å²) in [4.78, 5) is 17.9. The Morgan fingerprint density at radius 1 is 1.18 bits per heavy atom. The lowest BCUT2D eigenvalue weighted by atomic mass is 10.1. The molecule has 0 saturated carbocycles. The number of amides is 1. The lowest BCUT2D eigenvalue weighted by Crippen LogP contribution is -2.34. The van der Waals surface area contributed by atoms with Gasteiger partial charge in [0.15, 0.2) is 0 Å². The molecule has 0 atom stereocenters. The fourth-order valence-electron chi connectivity index (χ4n) is 2.12. The summed E-state index contributed by atoms with van der Waals surface area (Å²) < 4.78 is 0. The molecule has 0 aliphatic rings. The van der Waals surface area contributed by atoms with E-state index < -0.39 is 0 Å². The summed E-state index contributed by atoms with van der Waals surface area (Å²) in [5, 5.41) is 3.82. The van der Waals surface area contributed by atoms with Gasteiger partial charge in [-0.05, 0) is 44.0 Å². The predicted molar refractivity (Wildman–Crippen MR) is 91.4 cm³/mol. The molecule has 0 saturated heterocycles. The summed E-state index contributed by atoms with van der Waals surface area (Å²) in [6, 6.07) is 12.1. The monoisotopic (exact) mass is 314 g/mol. The molecule has 0 bridgehead atoms. The van der Waals surface area contributed by atoms with E-state index in [4.69, 9.17) is 0 Å². The van der Waals surface area contributed by atoms with Gasteiger partial charge >= 0.3 is 0 Å². The average molecular weight is 314 g/mol. The molecular weight excluding hydrogens is 292 g/mol. The number of hydrogen-bond donors (Lipinski definition) is 1. The summed E-state index contributed by atoms with van der Waals surface area (Å²) in [6.45, 7) is 6.23. The number of rotatable bonds is 6. The number of carbonyl (C=O) groups is 1. The number of nitrogens with one attached hydrogen (secondary N) is 1. The maximum absolute atomic E-state index is 12.5. The summed E-state index contributed by atoms with van der Waals surface area (Å²) >= 11 is 1.52. The van der Waals surface area contributed by atoms with Gasteiger partial charge in [-0.1, -0.05) is 43.3 Å². The van der Waals surface area contributed by atoms with E-state index in [1.165, 1.54) is 17.3 Å². The first-order valence-corrected chi connectivity index (χ1v) is 8.46. The van der Waals surface area contributed by atoms with E-state index in [0.29, 0.717) is 5.56 Å². The topological polar surface area (TPSA) is 42.0 Å². The molecule has 0 fully saturated rings. The van der Waals surface area contributed by atoms with Crippen molar-refractivity contribution in [3.63, 3.8) is 0 Å². The van der Waals surface area contributed by atoms with Crippen LogP contribution in [0.5, 0.6) is 0 Å². The third kappa shape index (κ3) is 4.34. The van der Waals surface area contributed by atoms with Crippen LogP contribution in [0.3, 0.4) is 0 Å². The lowest BCUT2D eigenvalue weighted by Gasteiger charge is -2.15. The molecule has 0 spiro atoms. The van der Waals surface area contributed by atoms with Gasteiger partial charge in [0.2, 0.25) is 0 Å². The van der Waals surface area contributed by atoms with E-state index in [1.54, 1.807) is 12.3 Å². The Morgan fingerprint density at radius 3 is 2.50 bits per heavy atom. The Labute approximate surface area is 136 Å². The second-order valence-corrected chi connectivity index (χ2v) is 6.32. The van der Waals surface area contributed by atoms with Crippen LogP contribution in [0.4, 0.5) is 0 Å². The molecule has 1 aromatic heterocycles. The van der Waals surface area contributed by atoms with Crippen LogP contribution in [0.2, 0.25) is 0 Å². The molecule has 0 radical (unpaired) electrons. The van der Waals surface area contributed by atoms with Crippen LogP contribution in [-0.2, 0) is 0 Å². The standard InChI is InChI=1S/C18H22N2OS/c1-4-14(5-2)20-17(21)16-7-6-12-19-18(16)22-15-10-8-13(3)9-11-15/h6-12,14H,4-5H2,1-3H3,(H,20,21). The Kier molecular flexibility index (Phi) is 6.01. The van der Waals surface area contributed by atoms with E-state index >= 15 is 0 Å². The van der Waals surface area contributed by atoms with Crippen LogP contribution in [0.1, 0.15) is 42.6 Å². The van der Waals surface area contributed by atoms with Crippen molar-refractivity contribution in [3.05, 3.63) is 53.7 Å². The number of aromatic nitrogens is 1. The maximum Gasteiger partial charge on any atom is 0.254 e. The number of aryl methyl sites for hydroxylation is 1. The van der Waals surface area contributed by atoms with Crippen molar-refractivity contribution >= 4 is 17.7 Å². The molecule has 2 aromatic rings. The third-order valence-corrected chi connectivity index (χ3v) is 4.60. The van der Waals surface area contributed by atoms with Gasteiger partial charge in [0.1, 0.15) is 5.03 Å². The highest BCUT2D eigenvalue weighted by molar-refractivity contribution is 7.99. The molecule has 1 aromatic carbocycles. The number of pyridine rings is 1. The molecule has 4 heteroatoms. The van der Waals surface area contributed by atoms with Gasteiger partial charge < -0.3 is 5.32 Å². The van der Waals surface area contributed by atoms with Crippen LogP contribution >= 0.6 is 11.8 Å². The second-order valence-electron chi connectivity index (χ2n) is 5.26. The Balaban J connectivity index is 2.19. The lowest BCUT2D eigenvalue weighted by molar-refractivity contribution is 0.0931. The van der Waals surface area contributed by atoms with Crippen molar-refractivity contribution < 1.29 is 4.79 Å². The quantitative estimate of drug-likeness (QED) is 0.856. The molecule has 0 aliphatic carbocycles. The number of benzene rings is 1. The van der Waals surface area contributed by atoms with Crippen molar-refractivity contribution in [2.24, 2.45) is 0 Å². The number of hydrogen-bond acceptors (Lipinski definition) is 3. The first kappa shape index (κ1) is 16.6. The van der Waals surface area contributed by atoms with Crippen LogP contribution in [0.15, 0.2) is 52.5 Å². The Hall–Kier alpha value is -1.81. The minimum atomic E-state index is -0.0450. The maximum atomic E-state index is 12.5. The van der Waals surface area contributed by atoms with Crippen LogP contribution < -0.4 is 5.32 Å². The van der Waals surface area contributed by atoms with E-state index in [2.05, 4.69) is 55.3 Å². The normalized spacial score (nSPS) is 10.7. The molecule has 0 aliphatic heterocycles. The first-order chi connectivity index (χ1) is 10.6. The van der Waals surface area contributed by atoms with Gasteiger partial charge in [-0.25, -0.2) is 4.98 Å². The van der Waals surface area contributed by atoms with E-state index in [9.17, 15) is 4.79 Å². The van der Waals surface area contributed by atoms with Gasteiger partial charge in [0, 0.05) is 17.1 Å². The van der Waals surface area contributed by atoms with Gasteiger partial charge in [-0.3, -0.25) is 4.79 Å². The zero-order chi connectivity index (χ0) is 15.9. The summed E-state index contributed by atoms with van der Waals surface area (Å²) in [5.74, 6) is -0.0450. The molecule has 3 nitrogen and oxygen atoms in total. The third-order valence-electron chi connectivity index (χ3n) is 3.57. The van der Waals surface area contributed by atoms with Gasteiger partial charge in [-0.2, -0.15) is 0 Å². The van der Waals surface area contributed by atoms with Crippen molar-refractivity contribution in [1.29, 1.82) is 0 Å². The predicted octanol–water partition coefficient (Wildman–Crippen LogP) is 4.46. The minimum absolute atomic E-state index is 0.0450. The number of carbonyl (C=O) groups excluding carboxylic acids is 1. The molecule has 2 rings (SSSR count). The Morgan fingerprint density at radius 2 is 1.86 bits per heavy atom. The van der Waals surface area contributed by atoms with Crippen molar-refractivity contribution in [3.8, 4) is 0 Å². The fraction of sp³-hybridized carbons (Fsp3) is 0.333. The molecule has 1 heterocycles. The first-order valence-electron chi connectivity index (χ1n) is 7.64. The summed E-state index contributed by atoms with van der Waals surface area (Å²) in [6.07, 6.45) is 3.59. The van der Waals surface area contributed by atoms with Gasteiger partial charge in [0.25, 0.3) is 5.91 Å². The van der Waals surface area contributed by atoms with Crippen molar-refractivity contribution in [2.75, 3.05) is 0 Å². The summed E-state index contributed by atoms with van der Waals surface area (Å²) in [5.41, 5.74) is 1.86. The van der Waals surface area contributed by atoms with E-state index in [-0.39, 0.29) is 11.9 Å². The van der Waals surface area contributed by atoms with Crippen LogP contribution in [-0.4, -0.2) is 16.9 Å². The minimum Gasteiger partial charge on any atom is -0.349 e.